The van der Waals surface area contributed by atoms with Crippen molar-refractivity contribution < 1.29 is 18.7 Å². The van der Waals surface area contributed by atoms with E-state index < -0.39 is 5.60 Å². The zero-order valence-electron chi connectivity index (χ0n) is 15.0. The first-order valence-electron chi connectivity index (χ1n) is 9.03. The predicted molar refractivity (Wildman–Crippen MR) is 97.8 cm³/mol. The van der Waals surface area contributed by atoms with Crippen molar-refractivity contribution >= 4 is 11.6 Å². The number of halogens is 1. The molecule has 2 saturated heterocycles. The maximum atomic E-state index is 13.3. The number of carbonyl (C=O) groups excluding carboxylic acids is 1. The third-order valence-electron chi connectivity index (χ3n) is 4.93. The van der Waals surface area contributed by atoms with E-state index in [9.17, 15) is 9.18 Å². The van der Waals surface area contributed by atoms with Gasteiger partial charge < -0.3 is 14.4 Å². The van der Waals surface area contributed by atoms with E-state index in [0.717, 1.165) is 12.2 Å². The standard InChI is InChI=1S/C20H22FN3O3/c21-16-4-6-18(7-5-16)24-14-20(27-12-19(24)25)13-23(9-10-26-15-20)11-17-3-1-2-8-22-17/h1-8H,9-15H2/t20-/m1/s1. The van der Waals surface area contributed by atoms with Crippen LogP contribution in [0.4, 0.5) is 10.1 Å². The predicted octanol–water partition coefficient (Wildman–Crippen LogP) is 1.86. The average Bonchev–Trinajstić information content (AvgIpc) is 2.88. The number of hydrogen-bond donors (Lipinski definition) is 0. The first-order chi connectivity index (χ1) is 13.1. The summed E-state index contributed by atoms with van der Waals surface area (Å²) in [5, 5.41) is 0. The summed E-state index contributed by atoms with van der Waals surface area (Å²) < 4.78 is 25.0. The summed E-state index contributed by atoms with van der Waals surface area (Å²) >= 11 is 0. The Morgan fingerprint density at radius 2 is 2.00 bits per heavy atom. The third-order valence-corrected chi connectivity index (χ3v) is 4.93. The van der Waals surface area contributed by atoms with Gasteiger partial charge >= 0.3 is 0 Å². The lowest BCUT2D eigenvalue weighted by atomic mass is 10.0. The van der Waals surface area contributed by atoms with E-state index in [0.29, 0.717) is 38.5 Å². The van der Waals surface area contributed by atoms with Crippen molar-refractivity contribution in [1.82, 2.24) is 9.88 Å². The molecular weight excluding hydrogens is 349 g/mol. The number of carbonyl (C=O) groups is 1. The molecule has 1 atom stereocenters. The average molecular weight is 371 g/mol. The molecule has 2 fully saturated rings. The lowest BCUT2D eigenvalue weighted by Crippen LogP contribution is -2.60. The fourth-order valence-electron chi connectivity index (χ4n) is 3.59. The monoisotopic (exact) mass is 371 g/mol. The van der Waals surface area contributed by atoms with Crippen molar-refractivity contribution in [2.45, 2.75) is 12.1 Å². The molecule has 0 radical (unpaired) electrons. The Labute approximate surface area is 157 Å². The molecule has 0 aliphatic carbocycles. The Kier molecular flexibility index (Phi) is 5.15. The van der Waals surface area contributed by atoms with Gasteiger partial charge in [-0.05, 0) is 36.4 Å². The van der Waals surface area contributed by atoms with Crippen LogP contribution in [-0.4, -0.2) is 60.8 Å². The van der Waals surface area contributed by atoms with Crippen molar-refractivity contribution in [3.63, 3.8) is 0 Å². The van der Waals surface area contributed by atoms with E-state index in [4.69, 9.17) is 9.47 Å². The lowest BCUT2D eigenvalue weighted by Gasteiger charge is -2.43. The van der Waals surface area contributed by atoms with Crippen LogP contribution in [-0.2, 0) is 20.8 Å². The molecule has 0 saturated carbocycles. The fraction of sp³-hybridized carbons (Fsp3) is 0.400. The first kappa shape index (κ1) is 18.0. The molecule has 0 unspecified atom stereocenters. The van der Waals surface area contributed by atoms with Crippen LogP contribution < -0.4 is 4.90 Å². The molecule has 1 aromatic heterocycles. The molecule has 0 N–H and O–H groups in total. The highest BCUT2D eigenvalue weighted by Crippen LogP contribution is 2.27. The molecule has 0 bridgehead atoms. The Morgan fingerprint density at radius 3 is 2.78 bits per heavy atom. The fourth-order valence-corrected chi connectivity index (χ4v) is 3.59. The number of ether oxygens (including phenoxy) is 2. The van der Waals surface area contributed by atoms with Gasteiger partial charge in [-0.2, -0.15) is 0 Å². The molecule has 1 spiro atoms. The topological polar surface area (TPSA) is 54.9 Å². The van der Waals surface area contributed by atoms with Crippen molar-refractivity contribution in [1.29, 1.82) is 0 Å². The van der Waals surface area contributed by atoms with Crippen molar-refractivity contribution in [2.24, 2.45) is 0 Å². The second kappa shape index (κ2) is 7.72. The van der Waals surface area contributed by atoms with Crippen molar-refractivity contribution in [3.8, 4) is 0 Å². The molecule has 1 aromatic carbocycles. The third kappa shape index (κ3) is 4.16. The number of morpholine rings is 1. The zero-order valence-corrected chi connectivity index (χ0v) is 15.0. The molecule has 2 aromatic rings. The summed E-state index contributed by atoms with van der Waals surface area (Å²) in [4.78, 5) is 20.7. The molecule has 3 heterocycles. The maximum Gasteiger partial charge on any atom is 0.253 e. The SMILES string of the molecule is O=C1CO[C@@]2(COCCN(Cc3ccccn3)C2)CN1c1ccc(F)cc1. The second-order valence-electron chi connectivity index (χ2n) is 7.01. The number of benzene rings is 1. The number of rotatable bonds is 3. The van der Waals surface area contributed by atoms with Crippen LogP contribution >= 0.6 is 0 Å². The van der Waals surface area contributed by atoms with E-state index in [2.05, 4.69) is 9.88 Å². The highest BCUT2D eigenvalue weighted by Gasteiger charge is 2.43. The summed E-state index contributed by atoms with van der Waals surface area (Å²) in [5.74, 6) is -0.457. The molecular formula is C20H22FN3O3. The highest BCUT2D eigenvalue weighted by atomic mass is 19.1. The van der Waals surface area contributed by atoms with E-state index in [-0.39, 0.29) is 18.3 Å². The first-order valence-corrected chi connectivity index (χ1v) is 9.03. The number of aromatic nitrogens is 1. The Morgan fingerprint density at radius 1 is 1.15 bits per heavy atom. The Hall–Kier alpha value is -2.35. The summed E-state index contributed by atoms with van der Waals surface area (Å²) in [6.07, 6.45) is 1.78. The van der Waals surface area contributed by atoms with Gasteiger partial charge in [0.1, 0.15) is 18.0 Å². The van der Waals surface area contributed by atoms with Crippen LogP contribution in [0.1, 0.15) is 5.69 Å². The molecule has 7 heteroatoms. The van der Waals surface area contributed by atoms with Crippen molar-refractivity contribution in [3.05, 3.63) is 60.2 Å². The van der Waals surface area contributed by atoms with Gasteiger partial charge in [0.25, 0.3) is 5.91 Å². The number of amides is 1. The van der Waals surface area contributed by atoms with Gasteiger partial charge in [0.15, 0.2) is 0 Å². The van der Waals surface area contributed by atoms with Crippen LogP contribution in [0.25, 0.3) is 0 Å². The highest BCUT2D eigenvalue weighted by molar-refractivity contribution is 5.95. The van der Waals surface area contributed by atoms with Crippen LogP contribution in [0.2, 0.25) is 0 Å². The largest absolute Gasteiger partial charge is 0.377 e. The van der Waals surface area contributed by atoms with Gasteiger partial charge in [-0.15, -0.1) is 0 Å². The van der Waals surface area contributed by atoms with E-state index in [1.807, 2.05) is 18.2 Å². The van der Waals surface area contributed by atoms with Crippen LogP contribution in [0.15, 0.2) is 48.7 Å². The molecule has 4 rings (SSSR count). The molecule has 6 nitrogen and oxygen atoms in total. The summed E-state index contributed by atoms with van der Waals surface area (Å²) in [5.41, 5.74) is 1.04. The Bertz CT molecular complexity index is 787. The molecule has 142 valence electrons. The minimum atomic E-state index is -0.617. The zero-order chi connectivity index (χ0) is 18.7. The number of anilines is 1. The summed E-state index contributed by atoms with van der Waals surface area (Å²) in [7, 11) is 0. The number of hydrogen-bond acceptors (Lipinski definition) is 5. The molecule has 2 aliphatic rings. The number of pyridine rings is 1. The minimum absolute atomic E-state index is 0.0157. The van der Waals surface area contributed by atoms with Crippen LogP contribution in [0, 0.1) is 5.82 Å². The Balaban J connectivity index is 1.53. The minimum Gasteiger partial charge on any atom is -0.377 e. The van der Waals surface area contributed by atoms with E-state index in [1.165, 1.54) is 12.1 Å². The number of nitrogens with zero attached hydrogens (tertiary/aromatic N) is 3. The molecule has 2 aliphatic heterocycles. The quantitative estimate of drug-likeness (QED) is 0.824. The van der Waals surface area contributed by atoms with Gasteiger partial charge in [0, 0.05) is 31.5 Å². The van der Waals surface area contributed by atoms with Crippen LogP contribution in [0.3, 0.4) is 0 Å². The molecule has 27 heavy (non-hydrogen) atoms. The smallest absolute Gasteiger partial charge is 0.253 e. The lowest BCUT2D eigenvalue weighted by molar-refractivity contribution is -0.146. The second-order valence-corrected chi connectivity index (χ2v) is 7.01. The maximum absolute atomic E-state index is 13.3. The summed E-state index contributed by atoms with van der Waals surface area (Å²) in [6, 6.07) is 11.8. The van der Waals surface area contributed by atoms with Crippen molar-refractivity contribution in [2.75, 3.05) is 44.4 Å². The van der Waals surface area contributed by atoms with E-state index in [1.54, 1.807) is 23.2 Å². The van der Waals surface area contributed by atoms with Crippen LogP contribution in [0.5, 0.6) is 0 Å². The van der Waals surface area contributed by atoms with E-state index >= 15 is 0 Å². The van der Waals surface area contributed by atoms with Gasteiger partial charge in [-0.25, -0.2) is 4.39 Å². The normalized spacial score (nSPS) is 24.2. The molecule has 1 amide bonds. The van der Waals surface area contributed by atoms with Gasteiger partial charge in [0.2, 0.25) is 0 Å². The van der Waals surface area contributed by atoms with Gasteiger partial charge in [0.05, 0.1) is 25.5 Å². The summed E-state index contributed by atoms with van der Waals surface area (Å²) in [6.45, 7) is 3.47. The van der Waals surface area contributed by atoms with Gasteiger partial charge in [-0.3, -0.25) is 14.7 Å². The van der Waals surface area contributed by atoms with Gasteiger partial charge in [-0.1, -0.05) is 6.07 Å².